The van der Waals surface area contributed by atoms with Gasteiger partial charge in [0.15, 0.2) is 0 Å². The van der Waals surface area contributed by atoms with E-state index in [1.165, 1.54) is 6.07 Å². The summed E-state index contributed by atoms with van der Waals surface area (Å²) >= 11 is 0. The molecule has 0 atom stereocenters. The van der Waals surface area contributed by atoms with Crippen LogP contribution >= 0.6 is 0 Å². The number of hydrogen-bond donors (Lipinski definition) is 1. The number of urea groups is 1. The van der Waals surface area contributed by atoms with Crippen LogP contribution in [0.3, 0.4) is 0 Å². The summed E-state index contributed by atoms with van der Waals surface area (Å²) in [6.07, 6.45) is 2.09. The van der Waals surface area contributed by atoms with E-state index in [4.69, 9.17) is 4.74 Å². The fraction of sp³-hybridized carbons (Fsp3) is 0.667. The van der Waals surface area contributed by atoms with E-state index in [9.17, 15) is 9.18 Å². The van der Waals surface area contributed by atoms with Gasteiger partial charge in [-0.25, -0.2) is 9.18 Å². The first-order valence-electron chi connectivity index (χ1n) is 10.0. The van der Waals surface area contributed by atoms with Gasteiger partial charge in [-0.2, -0.15) is 0 Å². The number of morpholine rings is 1. The van der Waals surface area contributed by atoms with Crippen LogP contribution in [0.1, 0.15) is 32.3 Å². The van der Waals surface area contributed by atoms with Gasteiger partial charge in [0.1, 0.15) is 5.82 Å². The van der Waals surface area contributed by atoms with Gasteiger partial charge in [0, 0.05) is 44.7 Å². The fourth-order valence-electron chi connectivity index (χ4n) is 3.98. The molecule has 0 aliphatic carbocycles. The van der Waals surface area contributed by atoms with Crippen LogP contribution < -0.4 is 5.32 Å². The molecule has 6 heteroatoms. The summed E-state index contributed by atoms with van der Waals surface area (Å²) < 4.78 is 19.5. The number of likely N-dealkylation sites (tertiary alicyclic amines) is 1. The molecule has 2 heterocycles. The molecular weight excluding hydrogens is 345 g/mol. The van der Waals surface area contributed by atoms with Crippen molar-refractivity contribution in [3.63, 3.8) is 0 Å². The molecular formula is C21H32FN3O2. The van der Waals surface area contributed by atoms with Crippen molar-refractivity contribution in [3.8, 4) is 0 Å². The molecule has 1 aromatic carbocycles. The van der Waals surface area contributed by atoms with Crippen LogP contribution in [-0.2, 0) is 10.2 Å². The number of piperidine rings is 1. The number of halogens is 1. The van der Waals surface area contributed by atoms with E-state index in [1.54, 1.807) is 12.1 Å². The number of ether oxygens (including phenoxy) is 1. The quantitative estimate of drug-likeness (QED) is 0.858. The Morgan fingerprint density at radius 2 is 1.85 bits per heavy atom. The number of carbonyl (C=O) groups excluding carboxylic acids is 1. The highest BCUT2D eigenvalue weighted by Crippen LogP contribution is 2.25. The predicted molar refractivity (Wildman–Crippen MR) is 104 cm³/mol. The number of amides is 2. The maximum atomic E-state index is 14.1. The van der Waals surface area contributed by atoms with Crippen LogP contribution in [0.15, 0.2) is 24.3 Å². The van der Waals surface area contributed by atoms with E-state index in [0.29, 0.717) is 18.0 Å². The van der Waals surface area contributed by atoms with E-state index in [2.05, 4.69) is 10.2 Å². The van der Waals surface area contributed by atoms with Crippen molar-refractivity contribution in [2.45, 2.75) is 32.1 Å². The third kappa shape index (κ3) is 5.42. The zero-order valence-electron chi connectivity index (χ0n) is 16.5. The van der Waals surface area contributed by atoms with Crippen LogP contribution in [0.25, 0.3) is 0 Å². The van der Waals surface area contributed by atoms with Crippen molar-refractivity contribution in [2.24, 2.45) is 5.92 Å². The number of carbonyl (C=O) groups is 1. The predicted octanol–water partition coefficient (Wildman–Crippen LogP) is 2.86. The van der Waals surface area contributed by atoms with Crippen molar-refractivity contribution < 1.29 is 13.9 Å². The molecule has 5 nitrogen and oxygen atoms in total. The van der Waals surface area contributed by atoms with Crippen molar-refractivity contribution in [2.75, 3.05) is 52.5 Å². The molecule has 1 aromatic rings. The normalized spacial score (nSPS) is 19.9. The second-order valence-corrected chi connectivity index (χ2v) is 8.37. The summed E-state index contributed by atoms with van der Waals surface area (Å²) in [6.45, 7) is 10.7. The topological polar surface area (TPSA) is 44.8 Å². The lowest BCUT2D eigenvalue weighted by molar-refractivity contribution is 0.0258. The lowest BCUT2D eigenvalue weighted by Gasteiger charge is -2.36. The zero-order chi connectivity index (χ0) is 19.3. The Hall–Kier alpha value is -1.66. The first kappa shape index (κ1) is 20.1. The van der Waals surface area contributed by atoms with Gasteiger partial charge in [0.05, 0.1) is 13.2 Å². The van der Waals surface area contributed by atoms with Gasteiger partial charge >= 0.3 is 6.03 Å². The summed E-state index contributed by atoms with van der Waals surface area (Å²) in [5.41, 5.74) is 0.185. The number of hydrogen-bond acceptors (Lipinski definition) is 3. The third-order valence-electron chi connectivity index (χ3n) is 5.81. The van der Waals surface area contributed by atoms with Gasteiger partial charge in [0.2, 0.25) is 0 Å². The minimum atomic E-state index is -0.449. The SMILES string of the molecule is CC(C)(CNC(=O)N1CCC(CN2CCOCC2)CC1)c1ccccc1F. The summed E-state index contributed by atoms with van der Waals surface area (Å²) in [5.74, 6) is 0.433. The fourth-order valence-corrected chi connectivity index (χ4v) is 3.98. The minimum absolute atomic E-state index is 0.0377. The Balaban J connectivity index is 1.43. The van der Waals surface area contributed by atoms with E-state index in [1.807, 2.05) is 24.8 Å². The third-order valence-corrected chi connectivity index (χ3v) is 5.81. The monoisotopic (exact) mass is 377 g/mol. The van der Waals surface area contributed by atoms with Crippen molar-refractivity contribution in [3.05, 3.63) is 35.6 Å². The molecule has 0 aromatic heterocycles. The Bertz CT molecular complexity index is 624. The Labute approximate surface area is 161 Å². The van der Waals surface area contributed by atoms with E-state index in [0.717, 1.165) is 58.8 Å². The van der Waals surface area contributed by atoms with Crippen molar-refractivity contribution in [1.82, 2.24) is 15.1 Å². The van der Waals surface area contributed by atoms with Crippen LogP contribution in [0.2, 0.25) is 0 Å². The molecule has 0 unspecified atom stereocenters. The molecule has 2 saturated heterocycles. The van der Waals surface area contributed by atoms with E-state index < -0.39 is 5.41 Å². The highest BCUT2D eigenvalue weighted by molar-refractivity contribution is 5.74. The van der Waals surface area contributed by atoms with Crippen LogP contribution in [0, 0.1) is 11.7 Å². The molecule has 150 valence electrons. The van der Waals surface area contributed by atoms with Gasteiger partial charge < -0.3 is 15.0 Å². The van der Waals surface area contributed by atoms with Crippen LogP contribution in [0.5, 0.6) is 0 Å². The molecule has 3 rings (SSSR count). The number of rotatable bonds is 5. The molecule has 0 saturated carbocycles. The maximum absolute atomic E-state index is 14.1. The molecule has 0 spiro atoms. The summed E-state index contributed by atoms with van der Waals surface area (Å²) in [4.78, 5) is 16.9. The molecule has 1 N–H and O–H groups in total. The molecule has 27 heavy (non-hydrogen) atoms. The van der Waals surface area contributed by atoms with Gasteiger partial charge in [-0.05, 0) is 30.4 Å². The Kier molecular flexibility index (Phi) is 6.71. The number of benzene rings is 1. The summed E-state index contributed by atoms with van der Waals surface area (Å²) in [6, 6.07) is 6.75. The number of nitrogens with one attached hydrogen (secondary N) is 1. The van der Waals surface area contributed by atoms with Crippen LogP contribution in [0.4, 0.5) is 9.18 Å². The van der Waals surface area contributed by atoms with Crippen LogP contribution in [-0.4, -0.2) is 68.3 Å². The molecule has 0 radical (unpaired) electrons. The average Bonchev–Trinajstić information content (AvgIpc) is 2.68. The lowest BCUT2D eigenvalue weighted by atomic mass is 9.84. The Morgan fingerprint density at radius 1 is 1.19 bits per heavy atom. The summed E-state index contributed by atoms with van der Waals surface area (Å²) in [5, 5.41) is 3.01. The smallest absolute Gasteiger partial charge is 0.317 e. The van der Waals surface area contributed by atoms with Gasteiger partial charge in [0.25, 0.3) is 0 Å². The van der Waals surface area contributed by atoms with Gasteiger partial charge in [-0.1, -0.05) is 32.0 Å². The molecule has 2 aliphatic heterocycles. The summed E-state index contributed by atoms with van der Waals surface area (Å²) in [7, 11) is 0. The molecule has 2 aliphatic rings. The zero-order valence-corrected chi connectivity index (χ0v) is 16.5. The second-order valence-electron chi connectivity index (χ2n) is 8.37. The Morgan fingerprint density at radius 3 is 2.52 bits per heavy atom. The lowest BCUT2D eigenvalue weighted by Crippen LogP contribution is -2.49. The standard InChI is InChI=1S/C21H32FN3O2/c1-21(2,18-5-3-4-6-19(18)22)16-23-20(26)25-9-7-17(8-10-25)15-24-11-13-27-14-12-24/h3-6,17H,7-16H2,1-2H3,(H,23,26). The molecule has 2 amide bonds. The van der Waals surface area contributed by atoms with Gasteiger partial charge in [-0.15, -0.1) is 0 Å². The van der Waals surface area contributed by atoms with Crippen molar-refractivity contribution in [1.29, 1.82) is 0 Å². The maximum Gasteiger partial charge on any atom is 0.317 e. The van der Waals surface area contributed by atoms with Gasteiger partial charge in [-0.3, -0.25) is 4.90 Å². The average molecular weight is 378 g/mol. The molecule has 2 fully saturated rings. The number of nitrogens with zero attached hydrogens (tertiary/aromatic N) is 2. The minimum Gasteiger partial charge on any atom is -0.379 e. The first-order valence-corrected chi connectivity index (χ1v) is 10.0. The van der Waals surface area contributed by atoms with E-state index in [-0.39, 0.29) is 11.8 Å². The largest absolute Gasteiger partial charge is 0.379 e. The second kappa shape index (κ2) is 9.02. The first-order chi connectivity index (χ1) is 13.0. The molecule has 0 bridgehead atoms. The van der Waals surface area contributed by atoms with Crippen molar-refractivity contribution >= 4 is 6.03 Å². The van der Waals surface area contributed by atoms with E-state index >= 15 is 0 Å². The highest BCUT2D eigenvalue weighted by atomic mass is 19.1. The highest BCUT2D eigenvalue weighted by Gasteiger charge is 2.28.